The summed E-state index contributed by atoms with van der Waals surface area (Å²) in [6, 6.07) is 13.5. The highest BCUT2D eigenvalue weighted by molar-refractivity contribution is 5.95. The molecule has 0 aliphatic carbocycles. The predicted octanol–water partition coefficient (Wildman–Crippen LogP) is 4.08. The third kappa shape index (κ3) is 4.21. The van der Waals surface area contributed by atoms with Gasteiger partial charge in [-0.3, -0.25) is 14.9 Å². The molecule has 142 valence electrons. The van der Waals surface area contributed by atoms with Crippen molar-refractivity contribution < 1.29 is 14.5 Å². The summed E-state index contributed by atoms with van der Waals surface area (Å²) in [5.74, 6) is 0.602. The van der Waals surface area contributed by atoms with Crippen LogP contribution in [0.1, 0.15) is 17.3 Å². The lowest BCUT2D eigenvalue weighted by Gasteiger charge is -2.11. The molecule has 0 fully saturated rings. The lowest BCUT2D eigenvalue weighted by molar-refractivity contribution is -0.383. The molecule has 1 aromatic heterocycles. The zero-order chi connectivity index (χ0) is 20.1. The van der Waals surface area contributed by atoms with Crippen LogP contribution in [-0.4, -0.2) is 27.8 Å². The van der Waals surface area contributed by atoms with Gasteiger partial charge in [0.25, 0.3) is 0 Å². The Hall–Kier alpha value is -4.01. The first-order chi connectivity index (χ1) is 13.5. The average Bonchev–Trinajstić information content (AvgIpc) is 2.68. The number of ketones is 1. The molecule has 0 aliphatic rings. The van der Waals surface area contributed by atoms with Crippen LogP contribution in [0.2, 0.25) is 0 Å². The Labute approximate surface area is 160 Å². The van der Waals surface area contributed by atoms with Gasteiger partial charge in [0.2, 0.25) is 11.6 Å². The summed E-state index contributed by atoms with van der Waals surface area (Å²) < 4.78 is 5.10. The van der Waals surface area contributed by atoms with Gasteiger partial charge in [-0.2, -0.15) is 0 Å². The van der Waals surface area contributed by atoms with Gasteiger partial charge in [-0.05, 0) is 43.3 Å². The van der Waals surface area contributed by atoms with Crippen LogP contribution in [0.25, 0.3) is 0 Å². The van der Waals surface area contributed by atoms with E-state index in [4.69, 9.17) is 4.74 Å². The number of hydrogen-bond donors (Lipinski definition) is 2. The van der Waals surface area contributed by atoms with Crippen molar-refractivity contribution in [2.75, 3.05) is 17.7 Å². The zero-order valence-corrected chi connectivity index (χ0v) is 15.2. The van der Waals surface area contributed by atoms with Gasteiger partial charge in [0, 0.05) is 16.9 Å². The topological polar surface area (TPSA) is 119 Å². The number of carbonyl (C=O) groups excluding carboxylic acids is 1. The number of nitro groups is 1. The molecule has 28 heavy (non-hydrogen) atoms. The highest BCUT2D eigenvalue weighted by Gasteiger charge is 2.23. The van der Waals surface area contributed by atoms with Crippen molar-refractivity contribution >= 4 is 34.5 Å². The van der Waals surface area contributed by atoms with Crippen LogP contribution in [0.3, 0.4) is 0 Å². The van der Waals surface area contributed by atoms with Gasteiger partial charge in [0.15, 0.2) is 5.78 Å². The molecule has 2 N–H and O–H groups in total. The second-order valence-electron chi connectivity index (χ2n) is 5.79. The summed E-state index contributed by atoms with van der Waals surface area (Å²) >= 11 is 0. The SMILES string of the molecule is COc1ccc(Nc2ncnc(Nc3cccc(C(C)=O)c3)c2[N+](=O)[O-])cc1. The summed E-state index contributed by atoms with van der Waals surface area (Å²) in [5.41, 5.74) is 1.28. The van der Waals surface area contributed by atoms with Crippen LogP contribution in [0.4, 0.5) is 28.7 Å². The fourth-order valence-corrected chi connectivity index (χ4v) is 2.50. The third-order valence-corrected chi connectivity index (χ3v) is 3.89. The zero-order valence-electron chi connectivity index (χ0n) is 15.2. The number of benzene rings is 2. The molecule has 0 amide bonds. The molecule has 0 aliphatic heterocycles. The predicted molar refractivity (Wildman–Crippen MR) is 105 cm³/mol. The Morgan fingerprint density at radius 3 is 2.25 bits per heavy atom. The monoisotopic (exact) mass is 379 g/mol. The molecule has 0 unspecified atom stereocenters. The standard InChI is InChI=1S/C19H17N5O4/c1-12(25)13-4-3-5-15(10-13)23-19-17(24(26)27)18(20-11-21-19)22-14-6-8-16(28-2)9-7-14/h3-11H,1-2H3,(H2,20,21,22,23). The highest BCUT2D eigenvalue weighted by atomic mass is 16.6. The molecule has 9 heteroatoms. The van der Waals surface area contributed by atoms with Crippen molar-refractivity contribution in [2.45, 2.75) is 6.92 Å². The molecule has 2 aromatic carbocycles. The molecular weight excluding hydrogens is 362 g/mol. The van der Waals surface area contributed by atoms with E-state index in [0.717, 1.165) is 0 Å². The minimum atomic E-state index is -0.566. The van der Waals surface area contributed by atoms with E-state index in [2.05, 4.69) is 20.6 Å². The summed E-state index contributed by atoms with van der Waals surface area (Å²) in [6.07, 6.45) is 1.22. The molecular formula is C19H17N5O4. The Morgan fingerprint density at radius 1 is 1.04 bits per heavy atom. The second kappa shape index (κ2) is 8.12. The normalized spacial score (nSPS) is 10.2. The molecule has 9 nitrogen and oxygen atoms in total. The van der Waals surface area contributed by atoms with Crippen molar-refractivity contribution in [3.63, 3.8) is 0 Å². The number of ether oxygens (including phenoxy) is 1. The van der Waals surface area contributed by atoms with E-state index >= 15 is 0 Å². The first-order valence-electron chi connectivity index (χ1n) is 8.26. The Balaban J connectivity index is 1.94. The average molecular weight is 379 g/mol. The minimum Gasteiger partial charge on any atom is -0.497 e. The minimum absolute atomic E-state index is 0.0108. The summed E-state index contributed by atoms with van der Waals surface area (Å²) in [7, 11) is 1.55. The number of aromatic nitrogens is 2. The van der Waals surface area contributed by atoms with Gasteiger partial charge in [-0.1, -0.05) is 12.1 Å². The van der Waals surface area contributed by atoms with Gasteiger partial charge in [0.05, 0.1) is 12.0 Å². The molecule has 0 bridgehead atoms. The number of methoxy groups -OCH3 is 1. The number of Topliss-reactive ketones (excluding diaryl/α,β-unsaturated/α-hetero) is 1. The van der Waals surface area contributed by atoms with E-state index in [-0.39, 0.29) is 23.1 Å². The van der Waals surface area contributed by atoms with Crippen LogP contribution < -0.4 is 15.4 Å². The van der Waals surface area contributed by atoms with Gasteiger partial charge < -0.3 is 15.4 Å². The third-order valence-electron chi connectivity index (χ3n) is 3.89. The fourth-order valence-electron chi connectivity index (χ4n) is 2.50. The van der Waals surface area contributed by atoms with Gasteiger partial charge >= 0.3 is 5.69 Å². The molecule has 0 saturated heterocycles. The van der Waals surface area contributed by atoms with Crippen LogP contribution in [0.5, 0.6) is 5.75 Å². The van der Waals surface area contributed by atoms with E-state index < -0.39 is 4.92 Å². The van der Waals surface area contributed by atoms with Crippen LogP contribution in [0.15, 0.2) is 54.9 Å². The van der Waals surface area contributed by atoms with Crippen molar-refractivity contribution in [2.24, 2.45) is 0 Å². The van der Waals surface area contributed by atoms with E-state index in [1.54, 1.807) is 55.6 Å². The Morgan fingerprint density at radius 2 is 1.68 bits per heavy atom. The van der Waals surface area contributed by atoms with Crippen LogP contribution >= 0.6 is 0 Å². The summed E-state index contributed by atoms with van der Waals surface area (Å²) in [6.45, 7) is 1.45. The lowest BCUT2D eigenvalue weighted by Crippen LogP contribution is -2.06. The summed E-state index contributed by atoms with van der Waals surface area (Å²) in [5, 5.41) is 17.5. The molecule has 0 atom stereocenters. The van der Waals surface area contributed by atoms with Gasteiger partial charge in [0.1, 0.15) is 12.1 Å². The quantitative estimate of drug-likeness (QED) is 0.358. The Kier molecular flexibility index (Phi) is 5.45. The van der Waals surface area contributed by atoms with Crippen molar-refractivity contribution in [1.82, 2.24) is 9.97 Å². The molecule has 0 saturated carbocycles. The van der Waals surface area contributed by atoms with E-state index in [1.165, 1.54) is 13.3 Å². The highest BCUT2D eigenvalue weighted by Crippen LogP contribution is 2.33. The van der Waals surface area contributed by atoms with Crippen molar-refractivity contribution in [3.05, 3.63) is 70.5 Å². The van der Waals surface area contributed by atoms with E-state index in [1.807, 2.05) is 0 Å². The molecule has 3 aromatic rings. The second-order valence-corrected chi connectivity index (χ2v) is 5.79. The Bertz CT molecular complexity index is 1020. The maximum Gasteiger partial charge on any atom is 0.353 e. The first-order valence-corrected chi connectivity index (χ1v) is 8.26. The summed E-state index contributed by atoms with van der Waals surface area (Å²) in [4.78, 5) is 30.6. The van der Waals surface area contributed by atoms with Gasteiger partial charge in [-0.25, -0.2) is 9.97 Å². The smallest absolute Gasteiger partial charge is 0.353 e. The first kappa shape index (κ1) is 18.8. The van der Waals surface area contributed by atoms with Crippen LogP contribution in [-0.2, 0) is 0 Å². The number of nitrogens with one attached hydrogen (secondary N) is 2. The molecule has 1 heterocycles. The number of hydrogen-bond acceptors (Lipinski definition) is 8. The maximum absolute atomic E-state index is 11.7. The molecule has 3 rings (SSSR count). The molecule has 0 radical (unpaired) electrons. The largest absolute Gasteiger partial charge is 0.497 e. The van der Waals surface area contributed by atoms with Crippen molar-refractivity contribution in [1.29, 1.82) is 0 Å². The number of nitrogens with zero attached hydrogens (tertiary/aromatic N) is 3. The number of anilines is 4. The lowest BCUT2D eigenvalue weighted by atomic mass is 10.1. The maximum atomic E-state index is 11.7. The number of rotatable bonds is 7. The number of carbonyl (C=O) groups is 1. The van der Waals surface area contributed by atoms with Gasteiger partial charge in [-0.15, -0.1) is 0 Å². The van der Waals surface area contributed by atoms with E-state index in [9.17, 15) is 14.9 Å². The van der Waals surface area contributed by atoms with Crippen molar-refractivity contribution in [3.8, 4) is 5.75 Å². The van der Waals surface area contributed by atoms with E-state index in [0.29, 0.717) is 22.7 Å². The fraction of sp³-hybridized carbons (Fsp3) is 0.105. The van der Waals surface area contributed by atoms with Crippen LogP contribution in [0, 0.1) is 10.1 Å². The molecule has 0 spiro atoms.